The maximum atomic E-state index is 12.6. The Labute approximate surface area is 170 Å². The Morgan fingerprint density at radius 1 is 1.13 bits per heavy atom. The molecular weight excluding hydrogens is 399 g/mol. The Hall–Kier alpha value is -3.30. The van der Waals surface area contributed by atoms with Gasteiger partial charge in [0, 0.05) is 37.5 Å². The number of halogens is 3. The van der Waals surface area contributed by atoms with Crippen LogP contribution in [0.4, 0.5) is 19.0 Å². The van der Waals surface area contributed by atoms with Gasteiger partial charge in [-0.25, -0.2) is 0 Å². The first-order chi connectivity index (χ1) is 14.3. The summed E-state index contributed by atoms with van der Waals surface area (Å²) < 4.78 is 45.9. The highest BCUT2D eigenvalue weighted by atomic mass is 19.4. The van der Waals surface area contributed by atoms with E-state index >= 15 is 0 Å². The monoisotopic (exact) mass is 419 g/mol. The van der Waals surface area contributed by atoms with Crippen molar-refractivity contribution in [3.63, 3.8) is 0 Å². The molecule has 0 atom stereocenters. The number of hydrogen-bond acceptors (Lipinski definition) is 5. The van der Waals surface area contributed by atoms with Crippen LogP contribution < -0.4 is 15.4 Å². The third-order valence-corrected chi connectivity index (χ3v) is 5.10. The number of alkyl halides is 3. The summed E-state index contributed by atoms with van der Waals surface area (Å²) in [4.78, 5) is 13.1. The second-order valence-electron chi connectivity index (χ2n) is 7.18. The molecule has 0 aliphatic carbocycles. The molecule has 0 spiro atoms. The Kier molecular flexibility index (Phi) is 5.23. The second kappa shape index (κ2) is 7.85. The summed E-state index contributed by atoms with van der Waals surface area (Å²) in [6, 6.07) is 9.83. The van der Waals surface area contributed by atoms with Crippen molar-refractivity contribution in [2.24, 2.45) is 5.73 Å². The van der Waals surface area contributed by atoms with Crippen LogP contribution in [0.2, 0.25) is 0 Å². The molecular formula is C20H20F3N5O2. The lowest BCUT2D eigenvalue weighted by atomic mass is 10.1. The Morgan fingerprint density at radius 2 is 1.90 bits per heavy atom. The molecule has 0 bridgehead atoms. The molecule has 1 saturated heterocycles. The number of carbonyl (C=O) groups is 1. The van der Waals surface area contributed by atoms with Gasteiger partial charge >= 0.3 is 6.18 Å². The van der Waals surface area contributed by atoms with Crippen molar-refractivity contribution in [2.45, 2.75) is 31.7 Å². The quantitative estimate of drug-likeness (QED) is 0.687. The van der Waals surface area contributed by atoms with Crippen LogP contribution in [0, 0.1) is 0 Å². The summed E-state index contributed by atoms with van der Waals surface area (Å²) in [5, 5.41) is 7.90. The van der Waals surface area contributed by atoms with Crippen LogP contribution in [-0.4, -0.2) is 39.9 Å². The Morgan fingerprint density at radius 3 is 2.53 bits per heavy atom. The van der Waals surface area contributed by atoms with E-state index in [1.54, 1.807) is 10.8 Å². The average molecular weight is 419 g/mol. The number of ether oxygens (including phenoxy) is 1. The van der Waals surface area contributed by atoms with Crippen molar-refractivity contribution in [3.8, 4) is 5.75 Å². The number of fused-ring (bicyclic) bond motifs is 1. The number of carbonyl (C=O) groups excluding carboxylic acids is 1. The molecule has 1 aliphatic heterocycles. The fraction of sp³-hybridized carbons (Fsp3) is 0.350. The Balaban J connectivity index is 1.40. The topological polar surface area (TPSA) is 86.3 Å². The van der Waals surface area contributed by atoms with Gasteiger partial charge in [0.2, 0.25) is 5.91 Å². The lowest BCUT2D eigenvalue weighted by Gasteiger charge is -2.32. The number of amides is 1. The van der Waals surface area contributed by atoms with Crippen LogP contribution in [-0.2, 0) is 17.5 Å². The van der Waals surface area contributed by atoms with Crippen LogP contribution in [0.5, 0.6) is 5.75 Å². The lowest BCUT2D eigenvalue weighted by Crippen LogP contribution is -2.38. The van der Waals surface area contributed by atoms with Crippen molar-refractivity contribution < 1.29 is 22.7 Å². The van der Waals surface area contributed by atoms with Gasteiger partial charge in [-0.05, 0) is 30.3 Å². The molecule has 3 heterocycles. The SMILES string of the molecule is NC(=O)Cn1ccc2c(OC3CCN(c4ccc(C(F)(F)F)nn4)CC3)cccc21. The van der Waals surface area contributed by atoms with Crippen molar-refractivity contribution in [1.82, 2.24) is 14.8 Å². The number of piperidine rings is 1. The third kappa shape index (κ3) is 4.17. The zero-order valence-corrected chi connectivity index (χ0v) is 16.0. The Bertz CT molecular complexity index is 1040. The van der Waals surface area contributed by atoms with Crippen molar-refractivity contribution in [2.75, 3.05) is 18.0 Å². The summed E-state index contributed by atoms with van der Waals surface area (Å²) in [7, 11) is 0. The van der Waals surface area contributed by atoms with Gasteiger partial charge in [-0.1, -0.05) is 6.07 Å². The zero-order valence-electron chi connectivity index (χ0n) is 16.0. The molecule has 7 nitrogen and oxygen atoms in total. The molecule has 3 aromatic rings. The van der Waals surface area contributed by atoms with Gasteiger partial charge in [0.1, 0.15) is 18.4 Å². The lowest BCUT2D eigenvalue weighted by molar-refractivity contribution is -0.141. The molecule has 0 saturated carbocycles. The fourth-order valence-electron chi connectivity index (χ4n) is 3.63. The number of benzene rings is 1. The van der Waals surface area contributed by atoms with E-state index in [1.165, 1.54) is 6.07 Å². The number of nitrogens with two attached hydrogens (primary N) is 1. The number of rotatable bonds is 5. The van der Waals surface area contributed by atoms with Crippen LogP contribution in [0.3, 0.4) is 0 Å². The molecule has 0 radical (unpaired) electrons. The first kappa shape index (κ1) is 20.0. The number of anilines is 1. The summed E-state index contributed by atoms with van der Waals surface area (Å²) in [5.41, 5.74) is 5.16. The van der Waals surface area contributed by atoms with E-state index in [4.69, 9.17) is 10.5 Å². The standard InChI is InChI=1S/C20H20F3N5O2/c21-20(22,23)17-4-5-19(26-25-17)27-9-6-13(7-10-27)30-16-3-1-2-15-14(16)8-11-28(15)12-18(24)29/h1-5,8,11,13H,6-7,9-10,12H2,(H2,24,29). The van der Waals surface area contributed by atoms with E-state index in [9.17, 15) is 18.0 Å². The van der Waals surface area contributed by atoms with E-state index < -0.39 is 17.8 Å². The first-order valence-corrected chi connectivity index (χ1v) is 9.50. The number of nitrogens with zero attached hydrogens (tertiary/aromatic N) is 4. The molecule has 2 aromatic heterocycles. The van der Waals surface area contributed by atoms with Crippen molar-refractivity contribution in [3.05, 3.63) is 48.3 Å². The van der Waals surface area contributed by atoms with Gasteiger partial charge in [0.15, 0.2) is 11.5 Å². The molecule has 10 heteroatoms. The molecule has 1 amide bonds. The molecule has 0 unspecified atom stereocenters. The predicted octanol–water partition coefficient (Wildman–Crippen LogP) is 2.98. The van der Waals surface area contributed by atoms with Crippen molar-refractivity contribution >= 4 is 22.6 Å². The maximum Gasteiger partial charge on any atom is 0.435 e. The zero-order chi connectivity index (χ0) is 21.3. The van der Waals surface area contributed by atoms with E-state index in [0.29, 0.717) is 31.7 Å². The van der Waals surface area contributed by atoms with Gasteiger partial charge in [-0.15, -0.1) is 10.2 Å². The minimum absolute atomic E-state index is 0.0336. The minimum Gasteiger partial charge on any atom is -0.490 e. The van der Waals surface area contributed by atoms with Crippen LogP contribution >= 0.6 is 0 Å². The van der Waals surface area contributed by atoms with E-state index in [0.717, 1.165) is 22.7 Å². The average Bonchev–Trinajstić information content (AvgIpc) is 3.11. The molecule has 30 heavy (non-hydrogen) atoms. The third-order valence-electron chi connectivity index (χ3n) is 5.10. The van der Waals surface area contributed by atoms with E-state index in [-0.39, 0.29) is 12.6 Å². The second-order valence-corrected chi connectivity index (χ2v) is 7.18. The van der Waals surface area contributed by atoms with Gasteiger partial charge in [0.05, 0.1) is 5.52 Å². The van der Waals surface area contributed by atoms with Gasteiger partial charge < -0.3 is 19.9 Å². The first-order valence-electron chi connectivity index (χ1n) is 9.50. The minimum atomic E-state index is -4.50. The van der Waals surface area contributed by atoms with Crippen LogP contribution in [0.25, 0.3) is 10.9 Å². The summed E-state index contributed by atoms with van der Waals surface area (Å²) in [6.07, 6.45) is -1.34. The largest absolute Gasteiger partial charge is 0.490 e. The maximum absolute atomic E-state index is 12.6. The predicted molar refractivity (Wildman–Crippen MR) is 104 cm³/mol. The van der Waals surface area contributed by atoms with Crippen molar-refractivity contribution in [1.29, 1.82) is 0 Å². The highest BCUT2D eigenvalue weighted by Crippen LogP contribution is 2.31. The van der Waals surface area contributed by atoms with Gasteiger partial charge in [0.25, 0.3) is 0 Å². The molecule has 1 fully saturated rings. The van der Waals surface area contributed by atoms with Gasteiger partial charge in [-0.2, -0.15) is 13.2 Å². The smallest absolute Gasteiger partial charge is 0.435 e. The van der Waals surface area contributed by atoms with E-state index in [2.05, 4.69) is 10.2 Å². The van der Waals surface area contributed by atoms with E-state index in [1.807, 2.05) is 29.2 Å². The molecule has 158 valence electrons. The molecule has 4 rings (SSSR count). The fourth-order valence-corrected chi connectivity index (χ4v) is 3.63. The highest BCUT2D eigenvalue weighted by molar-refractivity contribution is 5.87. The summed E-state index contributed by atoms with van der Waals surface area (Å²) in [5.74, 6) is 0.730. The number of primary amides is 1. The normalized spacial score (nSPS) is 15.5. The molecule has 1 aromatic carbocycles. The molecule has 1 aliphatic rings. The number of hydrogen-bond donors (Lipinski definition) is 1. The molecule has 2 N–H and O–H groups in total. The van der Waals surface area contributed by atoms with Crippen LogP contribution in [0.15, 0.2) is 42.6 Å². The highest BCUT2D eigenvalue weighted by Gasteiger charge is 2.33. The van der Waals surface area contributed by atoms with Crippen LogP contribution in [0.1, 0.15) is 18.5 Å². The van der Waals surface area contributed by atoms with Gasteiger partial charge in [-0.3, -0.25) is 4.79 Å². The number of aromatic nitrogens is 3. The summed E-state index contributed by atoms with van der Waals surface area (Å²) in [6.45, 7) is 1.30. The summed E-state index contributed by atoms with van der Waals surface area (Å²) >= 11 is 0.